The summed E-state index contributed by atoms with van der Waals surface area (Å²) in [6.07, 6.45) is -1.18. The van der Waals surface area contributed by atoms with Gasteiger partial charge >= 0.3 is 0 Å². The second-order valence-corrected chi connectivity index (χ2v) is 10.1. The average molecular weight is 458 g/mol. The highest BCUT2D eigenvalue weighted by atomic mass is 32.2. The fourth-order valence-electron chi connectivity index (χ4n) is 2.91. The molecule has 2 aromatic carbocycles. The van der Waals surface area contributed by atoms with Gasteiger partial charge in [0.2, 0.25) is 0 Å². The lowest BCUT2D eigenvalue weighted by Gasteiger charge is -2.20. The molecule has 1 heterocycles. The second-order valence-electron chi connectivity index (χ2n) is 8.18. The molecule has 0 saturated heterocycles. The molecule has 0 aliphatic heterocycles. The zero-order chi connectivity index (χ0) is 23.3. The van der Waals surface area contributed by atoms with E-state index in [9.17, 15) is 14.8 Å². The first-order chi connectivity index (χ1) is 15.2. The highest BCUT2D eigenvalue weighted by Crippen LogP contribution is 2.29. The van der Waals surface area contributed by atoms with E-state index in [1.807, 2.05) is 30.3 Å². The number of aromatic nitrogens is 4. The average Bonchev–Trinajstić information content (AvgIpc) is 3.21. The summed E-state index contributed by atoms with van der Waals surface area (Å²) >= 11 is -1.61. The van der Waals surface area contributed by atoms with E-state index in [0.29, 0.717) is 17.9 Å². The Kier molecular flexibility index (Phi) is 7.49. The molecule has 0 radical (unpaired) electrons. The van der Waals surface area contributed by atoms with E-state index in [4.69, 9.17) is 4.74 Å². The number of hydrogen-bond acceptors (Lipinski definition) is 8. The molecule has 1 unspecified atom stereocenters. The Morgan fingerprint density at radius 3 is 2.56 bits per heavy atom. The van der Waals surface area contributed by atoms with E-state index in [1.165, 1.54) is 17.9 Å². The third kappa shape index (κ3) is 5.84. The van der Waals surface area contributed by atoms with E-state index >= 15 is 0 Å². The maximum atomic E-state index is 12.7. The summed E-state index contributed by atoms with van der Waals surface area (Å²) in [6, 6.07) is 14.3. The van der Waals surface area contributed by atoms with Crippen LogP contribution in [0.25, 0.3) is 0 Å². The fourth-order valence-corrected chi connectivity index (χ4v) is 3.56. The smallest absolute Gasteiger partial charge is 0.180 e. The van der Waals surface area contributed by atoms with Crippen LogP contribution < -0.4 is 4.74 Å². The van der Waals surface area contributed by atoms with Crippen molar-refractivity contribution in [1.29, 1.82) is 0 Å². The molecule has 10 heteroatoms. The van der Waals surface area contributed by atoms with Crippen LogP contribution in [-0.4, -0.2) is 52.5 Å². The largest absolute Gasteiger partial charge is 0.591 e. The summed E-state index contributed by atoms with van der Waals surface area (Å²) in [7, 11) is 1.49. The number of aromatic hydroxyl groups is 1. The highest BCUT2D eigenvalue weighted by Gasteiger charge is 2.30. The van der Waals surface area contributed by atoms with Crippen LogP contribution in [-0.2, 0) is 17.9 Å². The van der Waals surface area contributed by atoms with Gasteiger partial charge in [-0.2, -0.15) is 0 Å². The molecule has 0 amide bonds. The molecule has 0 aliphatic rings. The first kappa shape index (κ1) is 23.7. The van der Waals surface area contributed by atoms with Gasteiger partial charge in [0.1, 0.15) is 39.4 Å². The lowest BCUT2D eigenvalue weighted by Crippen LogP contribution is -2.27. The lowest BCUT2D eigenvalue weighted by molar-refractivity contribution is 0.170. The third-order valence-corrected chi connectivity index (χ3v) is 6.09. The van der Waals surface area contributed by atoms with E-state index < -0.39 is 22.2 Å². The number of tetrazole rings is 1. The van der Waals surface area contributed by atoms with Crippen molar-refractivity contribution in [3.05, 3.63) is 65.5 Å². The molecule has 0 aliphatic carbocycles. The van der Waals surface area contributed by atoms with Crippen LogP contribution in [0.15, 0.2) is 52.9 Å². The summed E-state index contributed by atoms with van der Waals surface area (Å²) in [5, 5.41) is 33.1. The van der Waals surface area contributed by atoms with Gasteiger partial charge in [-0.25, -0.2) is 4.68 Å². The summed E-state index contributed by atoms with van der Waals surface area (Å²) < 4.78 is 23.1. The Hall–Kier alpha value is -2.95. The Bertz CT molecular complexity index is 1070. The molecule has 9 nitrogen and oxygen atoms in total. The van der Waals surface area contributed by atoms with Crippen molar-refractivity contribution in [3.8, 4) is 11.5 Å². The molecule has 0 bridgehead atoms. The minimum Gasteiger partial charge on any atom is -0.591 e. The summed E-state index contributed by atoms with van der Waals surface area (Å²) in [6.45, 7) is 5.78. The Balaban J connectivity index is 1.92. The van der Waals surface area contributed by atoms with Crippen LogP contribution in [0.3, 0.4) is 0 Å². The Morgan fingerprint density at radius 2 is 1.94 bits per heavy atom. The molecular weight excluding hydrogens is 430 g/mol. The zero-order valence-corrected chi connectivity index (χ0v) is 19.3. The number of aliphatic hydroxyl groups excluding tert-OH is 1. The van der Waals surface area contributed by atoms with Gasteiger partial charge in [-0.15, -0.1) is 5.10 Å². The predicted octanol–water partition coefficient (Wildman–Crippen LogP) is 2.81. The van der Waals surface area contributed by atoms with Crippen LogP contribution in [0.5, 0.6) is 11.5 Å². The zero-order valence-electron chi connectivity index (χ0n) is 18.5. The Morgan fingerprint density at radius 1 is 1.22 bits per heavy atom. The number of methoxy groups -OCH3 is 1. The highest BCUT2D eigenvalue weighted by molar-refractivity contribution is 7.91. The van der Waals surface area contributed by atoms with Crippen molar-refractivity contribution in [3.63, 3.8) is 0 Å². The van der Waals surface area contributed by atoms with Crippen LogP contribution in [0.1, 0.15) is 50.2 Å². The molecule has 3 aromatic rings. The minimum atomic E-state index is -1.61. The number of hydrogen-bond donors (Lipinski definition) is 2. The Labute approximate surface area is 190 Å². The van der Waals surface area contributed by atoms with E-state index in [2.05, 4.69) is 19.9 Å². The van der Waals surface area contributed by atoms with Crippen LogP contribution in [0, 0.1) is 0 Å². The van der Waals surface area contributed by atoms with Crippen molar-refractivity contribution in [1.82, 2.24) is 20.2 Å². The van der Waals surface area contributed by atoms with E-state index in [0.717, 1.165) is 5.56 Å². The van der Waals surface area contributed by atoms with Crippen molar-refractivity contribution < 1.29 is 19.5 Å². The summed E-state index contributed by atoms with van der Waals surface area (Å²) in [5.74, 6) is 0.621. The first-order valence-corrected chi connectivity index (χ1v) is 11.1. The third-order valence-electron chi connectivity index (χ3n) is 4.65. The van der Waals surface area contributed by atoms with Crippen LogP contribution >= 0.6 is 0 Å². The quantitative estimate of drug-likeness (QED) is 0.393. The second kappa shape index (κ2) is 10.1. The predicted molar refractivity (Wildman–Crippen MR) is 122 cm³/mol. The van der Waals surface area contributed by atoms with Gasteiger partial charge in [0.05, 0.1) is 13.7 Å². The molecule has 0 spiro atoms. The normalized spacial score (nSPS) is 14.2. The van der Waals surface area contributed by atoms with Gasteiger partial charge in [-0.1, -0.05) is 34.7 Å². The van der Waals surface area contributed by atoms with E-state index in [-0.39, 0.29) is 23.7 Å². The molecule has 3 rings (SSSR count). The fraction of sp³-hybridized carbons (Fsp3) is 0.364. The molecule has 2 N–H and O–H groups in total. The first-order valence-electron chi connectivity index (χ1n) is 10.0. The summed E-state index contributed by atoms with van der Waals surface area (Å²) in [5.41, 5.74) is 1.61. The number of rotatable bonds is 8. The standard InChI is InChI=1S/C22H27N5O4S/c1-22(2,3)32(30)24-18(17-11-10-16(31-4)12-19(17)28)13-20(29)21-23-25-26-27(21)14-15-8-6-5-7-9-15/h5-12,20,28-29H,13-14H2,1-4H3/b24-18+/t20?,32-/m0/s1. The van der Waals surface area contributed by atoms with Crippen molar-refractivity contribution in [2.45, 2.75) is 44.6 Å². The van der Waals surface area contributed by atoms with Gasteiger partial charge in [0.15, 0.2) is 5.82 Å². The molecule has 1 aromatic heterocycles. The molecular formula is C22H27N5O4S. The van der Waals surface area contributed by atoms with Gasteiger partial charge < -0.3 is 19.5 Å². The maximum absolute atomic E-state index is 12.7. The summed E-state index contributed by atoms with van der Waals surface area (Å²) in [4.78, 5) is 0. The topological polar surface area (TPSA) is 129 Å². The van der Waals surface area contributed by atoms with Crippen molar-refractivity contribution >= 4 is 17.1 Å². The molecule has 32 heavy (non-hydrogen) atoms. The number of phenolic OH excluding ortho intramolecular Hbond substituents is 1. The lowest BCUT2D eigenvalue weighted by atomic mass is 10.0. The van der Waals surface area contributed by atoms with Crippen LogP contribution in [0.2, 0.25) is 0 Å². The SMILES string of the molecule is COc1ccc(/C(CC(O)c2nnnn2Cc2ccccc2)=N/[S@@+]([O-])C(C)(C)C)c(O)c1. The minimum absolute atomic E-state index is 0.0448. The number of aliphatic hydroxyl groups is 1. The van der Waals surface area contributed by atoms with Gasteiger partial charge in [0.25, 0.3) is 0 Å². The van der Waals surface area contributed by atoms with Gasteiger partial charge in [0, 0.05) is 18.1 Å². The number of nitrogens with zero attached hydrogens (tertiary/aromatic N) is 5. The van der Waals surface area contributed by atoms with Crippen molar-refractivity contribution in [2.75, 3.05) is 7.11 Å². The molecule has 0 saturated carbocycles. The van der Waals surface area contributed by atoms with Crippen molar-refractivity contribution in [2.24, 2.45) is 4.40 Å². The monoisotopic (exact) mass is 457 g/mol. The number of benzene rings is 2. The molecule has 0 fully saturated rings. The van der Waals surface area contributed by atoms with E-state index in [1.54, 1.807) is 32.9 Å². The maximum Gasteiger partial charge on any atom is 0.180 e. The molecule has 170 valence electrons. The van der Waals surface area contributed by atoms with Gasteiger partial charge in [-0.05, 0) is 48.9 Å². The van der Waals surface area contributed by atoms with Gasteiger partial charge in [-0.3, -0.25) is 0 Å². The number of phenols is 1. The number of ether oxygens (including phenoxy) is 1. The van der Waals surface area contributed by atoms with Crippen LogP contribution in [0.4, 0.5) is 0 Å². The molecule has 2 atom stereocenters.